The van der Waals surface area contributed by atoms with E-state index in [4.69, 9.17) is 27.9 Å². The maximum atomic E-state index is 6.12. The summed E-state index contributed by atoms with van der Waals surface area (Å²) in [6.07, 6.45) is 0.919. The smallest absolute Gasteiger partial charge is 0.149 e. The lowest BCUT2D eigenvalue weighted by molar-refractivity contribution is 0.196. The van der Waals surface area contributed by atoms with Gasteiger partial charge in [0.25, 0.3) is 0 Å². The van der Waals surface area contributed by atoms with Crippen LogP contribution >= 0.6 is 23.2 Å². The van der Waals surface area contributed by atoms with Gasteiger partial charge in [-0.15, -0.1) is 0 Å². The third-order valence-corrected chi connectivity index (χ3v) is 2.92. The maximum absolute atomic E-state index is 6.12. The molecule has 17 heavy (non-hydrogen) atoms. The van der Waals surface area contributed by atoms with E-state index < -0.39 is 0 Å². The lowest BCUT2D eigenvalue weighted by atomic mass is 10.3. The van der Waals surface area contributed by atoms with Crippen LogP contribution in [0, 0.1) is 0 Å². The number of hydrogen-bond acceptors (Lipinski definition) is 4. The second-order valence-electron chi connectivity index (χ2n) is 3.64. The van der Waals surface area contributed by atoms with Gasteiger partial charge in [0.1, 0.15) is 11.6 Å². The minimum atomic E-state index is 0.520. The van der Waals surface area contributed by atoms with Gasteiger partial charge in [-0.1, -0.05) is 23.2 Å². The Balaban J connectivity index is 2.81. The summed E-state index contributed by atoms with van der Waals surface area (Å²) in [6.45, 7) is 1.54. The summed E-state index contributed by atoms with van der Waals surface area (Å²) >= 11 is 12.1. The Labute approximate surface area is 112 Å². The number of hydrogen-bond donors (Lipinski definition) is 1. The van der Waals surface area contributed by atoms with E-state index in [0.717, 1.165) is 18.8 Å². The monoisotopic (exact) mass is 277 g/mol. The molecule has 96 valence electrons. The van der Waals surface area contributed by atoms with Crippen LogP contribution in [0.15, 0.2) is 6.07 Å². The second kappa shape index (κ2) is 6.89. The van der Waals surface area contributed by atoms with Crippen LogP contribution in [-0.4, -0.2) is 39.3 Å². The highest BCUT2D eigenvalue weighted by Crippen LogP contribution is 2.30. The van der Waals surface area contributed by atoms with Crippen molar-refractivity contribution in [2.24, 2.45) is 0 Å². The van der Waals surface area contributed by atoms with Crippen molar-refractivity contribution in [1.29, 1.82) is 0 Å². The van der Waals surface area contributed by atoms with E-state index in [1.54, 1.807) is 20.2 Å². The summed E-state index contributed by atoms with van der Waals surface area (Å²) in [5.41, 5.74) is 0. The molecular weight excluding hydrogens is 261 g/mol. The second-order valence-corrected chi connectivity index (χ2v) is 4.46. The Bertz CT molecular complexity index is 374. The molecule has 0 aliphatic heterocycles. The van der Waals surface area contributed by atoms with Crippen LogP contribution in [0.3, 0.4) is 0 Å². The predicted molar refractivity (Wildman–Crippen MR) is 73.6 cm³/mol. The molecule has 0 saturated heterocycles. The van der Waals surface area contributed by atoms with Gasteiger partial charge in [-0.25, -0.2) is 4.98 Å². The molecule has 0 atom stereocenters. The van der Waals surface area contributed by atoms with Gasteiger partial charge < -0.3 is 15.0 Å². The average Bonchev–Trinajstić information content (AvgIpc) is 2.29. The number of anilines is 2. The van der Waals surface area contributed by atoms with Crippen molar-refractivity contribution in [3.63, 3.8) is 0 Å². The van der Waals surface area contributed by atoms with Crippen molar-refractivity contribution in [2.75, 3.05) is 44.6 Å². The molecule has 0 aromatic carbocycles. The normalized spacial score (nSPS) is 10.4. The third kappa shape index (κ3) is 3.91. The number of methoxy groups -OCH3 is 1. The highest BCUT2D eigenvalue weighted by Gasteiger charge is 2.11. The molecule has 0 bridgehead atoms. The van der Waals surface area contributed by atoms with Gasteiger partial charge >= 0.3 is 0 Å². The zero-order chi connectivity index (χ0) is 12.8. The van der Waals surface area contributed by atoms with Gasteiger partial charge in [-0.3, -0.25) is 0 Å². The summed E-state index contributed by atoms with van der Waals surface area (Å²) in [4.78, 5) is 6.36. The average molecular weight is 278 g/mol. The van der Waals surface area contributed by atoms with Crippen LogP contribution in [0.5, 0.6) is 0 Å². The Morgan fingerprint density at radius 1 is 1.41 bits per heavy atom. The molecule has 1 N–H and O–H groups in total. The standard InChI is InChI=1S/C11H17Cl2N3O/c1-14-10-8(12)7-9(13)11(15-10)16(2)5-4-6-17-3/h7H,4-6H2,1-3H3,(H,14,15). The molecule has 0 aliphatic rings. The number of nitrogens with one attached hydrogen (secondary N) is 1. The molecule has 0 spiro atoms. The number of nitrogens with zero attached hydrogens (tertiary/aromatic N) is 2. The first-order chi connectivity index (χ1) is 8.10. The van der Waals surface area contributed by atoms with Gasteiger partial charge in [-0.05, 0) is 12.5 Å². The number of rotatable bonds is 6. The van der Waals surface area contributed by atoms with Crippen LogP contribution in [-0.2, 0) is 4.74 Å². The molecule has 6 heteroatoms. The topological polar surface area (TPSA) is 37.4 Å². The number of pyridine rings is 1. The summed E-state index contributed by atoms with van der Waals surface area (Å²) in [5.74, 6) is 1.35. The first-order valence-corrected chi connectivity index (χ1v) is 6.09. The predicted octanol–water partition coefficient (Wildman–Crippen LogP) is 2.90. The van der Waals surface area contributed by atoms with Crippen LogP contribution in [0.4, 0.5) is 11.6 Å². The molecule has 0 aliphatic carbocycles. The number of halogens is 2. The molecule has 1 heterocycles. The third-order valence-electron chi connectivity index (χ3n) is 2.35. The summed E-state index contributed by atoms with van der Waals surface area (Å²) in [5, 5.41) is 4.00. The largest absolute Gasteiger partial charge is 0.385 e. The molecule has 1 aromatic rings. The summed E-state index contributed by atoms with van der Waals surface area (Å²) in [6, 6.07) is 1.70. The van der Waals surface area contributed by atoms with E-state index in [-0.39, 0.29) is 0 Å². The minimum Gasteiger partial charge on any atom is -0.385 e. The van der Waals surface area contributed by atoms with E-state index in [0.29, 0.717) is 22.5 Å². The first-order valence-electron chi connectivity index (χ1n) is 5.34. The maximum Gasteiger partial charge on any atom is 0.149 e. The van der Waals surface area contributed by atoms with Crippen molar-refractivity contribution in [3.8, 4) is 0 Å². The fourth-order valence-corrected chi connectivity index (χ4v) is 2.05. The highest BCUT2D eigenvalue weighted by atomic mass is 35.5. The molecule has 4 nitrogen and oxygen atoms in total. The molecule has 0 fully saturated rings. The van der Waals surface area contributed by atoms with Gasteiger partial charge in [0.15, 0.2) is 0 Å². The van der Waals surface area contributed by atoms with Crippen molar-refractivity contribution < 1.29 is 4.74 Å². The van der Waals surface area contributed by atoms with Gasteiger partial charge in [-0.2, -0.15) is 0 Å². The van der Waals surface area contributed by atoms with Crippen LogP contribution in [0.1, 0.15) is 6.42 Å². The fraction of sp³-hybridized carbons (Fsp3) is 0.545. The summed E-state index contributed by atoms with van der Waals surface area (Å²) < 4.78 is 5.01. The van der Waals surface area contributed by atoms with Crippen LogP contribution in [0.25, 0.3) is 0 Å². The van der Waals surface area contributed by atoms with Crippen molar-refractivity contribution in [2.45, 2.75) is 6.42 Å². The minimum absolute atomic E-state index is 0.520. The SMILES string of the molecule is CNc1nc(N(C)CCCOC)c(Cl)cc1Cl. The molecule has 0 unspecified atom stereocenters. The first kappa shape index (κ1) is 14.4. The van der Waals surface area contributed by atoms with E-state index in [1.807, 2.05) is 11.9 Å². The van der Waals surface area contributed by atoms with Crippen molar-refractivity contribution >= 4 is 34.8 Å². The zero-order valence-corrected chi connectivity index (χ0v) is 11.8. The molecule has 0 saturated carbocycles. The Hall–Kier alpha value is -0.710. The molecule has 1 rings (SSSR count). The number of ether oxygens (including phenoxy) is 1. The van der Waals surface area contributed by atoms with E-state index in [1.165, 1.54) is 0 Å². The Morgan fingerprint density at radius 3 is 2.71 bits per heavy atom. The molecular formula is C11H17Cl2N3O. The van der Waals surface area contributed by atoms with E-state index in [9.17, 15) is 0 Å². The Kier molecular flexibility index (Phi) is 5.82. The van der Waals surface area contributed by atoms with Crippen LogP contribution in [0.2, 0.25) is 10.0 Å². The van der Waals surface area contributed by atoms with E-state index >= 15 is 0 Å². The van der Waals surface area contributed by atoms with Crippen LogP contribution < -0.4 is 10.2 Å². The van der Waals surface area contributed by atoms with Crippen molar-refractivity contribution in [1.82, 2.24) is 4.98 Å². The quantitative estimate of drug-likeness (QED) is 0.812. The molecule has 1 aromatic heterocycles. The number of aromatic nitrogens is 1. The lowest BCUT2D eigenvalue weighted by Gasteiger charge is -2.20. The fourth-order valence-electron chi connectivity index (χ4n) is 1.45. The molecule has 0 radical (unpaired) electrons. The summed E-state index contributed by atoms with van der Waals surface area (Å²) in [7, 11) is 5.40. The molecule has 0 amide bonds. The van der Waals surface area contributed by atoms with Gasteiger partial charge in [0.05, 0.1) is 10.0 Å². The lowest BCUT2D eigenvalue weighted by Crippen LogP contribution is -2.21. The Morgan fingerprint density at radius 2 is 2.12 bits per heavy atom. The van der Waals surface area contributed by atoms with Crippen molar-refractivity contribution in [3.05, 3.63) is 16.1 Å². The van der Waals surface area contributed by atoms with Gasteiger partial charge in [0.2, 0.25) is 0 Å². The highest BCUT2D eigenvalue weighted by molar-refractivity contribution is 6.37. The van der Waals surface area contributed by atoms with E-state index in [2.05, 4.69) is 10.3 Å². The zero-order valence-electron chi connectivity index (χ0n) is 10.3. The van der Waals surface area contributed by atoms with Gasteiger partial charge in [0, 0.05) is 34.4 Å².